The SMILES string of the molecule is CC1=Nc2ccc(C3CCOCC3)cc2C1.CC1=Nc2ccc(CCN3CCCC3)cc2C1.CC1=Nc2ccc(OCCO)cc2C1.COCCOc1ccc2c(c1)CC(C)=N2.Cc1nc2ccc(CCN)cc2[nH]1.Cc1nc2ccc(CN3CCCCC3)cc2[nH]1.Cc1nc2ccc(N(C)C)cc2[nH]1.Cc1nc2ccc(N3CCOCC3)cc2[nH]1.Cc1nc2ccc(NC(C)C)cc2[nH]1. The van der Waals surface area contributed by atoms with Crippen LogP contribution in [-0.2, 0) is 59.3 Å². The van der Waals surface area contributed by atoms with Gasteiger partial charge in [0.15, 0.2) is 0 Å². The number of rotatable bonds is 19. The van der Waals surface area contributed by atoms with Gasteiger partial charge in [0.2, 0.25) is 0 Å². The number of fused-ring (bicyclic) bond motifs is 9. The zero-order chi connectivity index (χ0) is 94.7. The molecule has 4 saturated heterocycles. The summed E-state index contributed by atoms with van der Waals surface area (Å²) in [6, 6.07) is 57.4. The molecule has 8 aliphatic rings. The third-order valence-electron chi connectivity index (χ3n) is 24.6. The minimum absolute atomic E-state index is 0.0482. The van der Waals surface area contributed by atoms with Gasteiger partial charge in [-0.1, -0.05) is 42.8 Å². The van der Waals surface area contributed by atoms with Crippen LogP contribution in [0.25, 0.3) is 55.2 Å². The maximum Gasteiger partial charge on any atom is 0.119 e. The number of aromatic nitrogens is 10. The predicted octanol–water partition coefficient (Wildman–Crippen LogP) is 20.8. The molecular formula is C109H140N20O6. The lowest BCUT2D eigenvalue weighted by atomic mass is 9.90. The van der Waals surface area contributed by atoms with Gasteiger partial charge in [0.25, 0.3) is 0 Å². The third-order valence-corrected chi connectivity index (χ3v) is 24.6. The molecule has 8 aliphatic heterocycles. The number of H-pyrrole nitrogens is 5. The molecule has 0 aliphatic carbocycles. The van der Waals surface area contributed by atoms with E-state index in [0.717, 1.165) is 197 Å². The zero-order valence-corrected chi connectivity index (χ0v) is 81.8. The summed E-state index contributed by atoms with van der Waals surface area (Å²) in [5.74, 6) is 7.25. The maximum absolute atomic E-state index is 8.62. The van der Waals surface area contributed by atoms with Crippen molar-refractivity contribution in [2.45, 2.75) is 178 Å². The Hall–Kier alpha value is -12.3. The van der Waals surface area contributed by atoms with Crippen LogP contribution in [0.5, 0.6) is 11.5 Å². The molecule has 13 heterocycles. The number of anilines is 3. The number of nitrogens with two attached hydrogens (primary N) is 1. The predicted molar refractivity (Wildman–Crippen MR) is 556 cm³/mol. The molecule has 14 aromatic rings. The van der Waals surface area contributed by atoms with Crippen molar-refractivity contribution in [1.82, 2.24) is 59.6 Å². The molecule has 9 aromatic carbocycles. The molecule has 5 aromatic heterocycles. The number of benzene rings is 9. The second kappa shape index (κ2) is 48.8. The first kappa shape index (κ1) is 98.7. The summed E-state index contributed by atoms with van der Waals surface area (Å²) in [5.41, 5.74) is 40.0. The molecule has 0 radical (unpaired) electrons. The molecular weight excluding hydrogens is 1690 g/mol. The molecule has 0 amide bonds. The van der Waals surface area contributed by atoms with Crippen LogP contribution in [0.1, 0.15) is 166 Å². The van der Waals surface area contributed by atoms with Crippen LogP contribution < -0.4 is 30.3 Å². The summed E-state index contributed by atoms with van der Waals surface area (Å²) in [6.45, 7) is 37.5. The van der Waals surface area contributed by atoms with Gasteiger partial charge >= 0.3 is 0 Å². The van der Waals surface area contributed by atoms with E-state index in [1.165, 1.54) is 168 Å². The Kier molecular flexibility index (Phi) is 35.7. The molecule has 22 rings (SSSR count). The van der Waals surface area contributed by atoms with Crippen LogP contribution in [0, 0.1) is 34.6 Å². The van der Waals surface area contributed by atoms with E-state index in [9.17, 15) is 0 Å². The van der Waals surface area contributed by atoms with E-state index in [-0.39, 0.29) is 6.61 Å². The second-order valence-corrected chi connectivity index (χ2v) is 36.7. The summed E-state index contributed by atoms with van der Waals surface area (Å²) < 4.78 is 26.5. The monoisotopic (exact) mass is 1830 g/mol. The maximum atomic E-state index is 8.62. The van der Waals surface area contributed by atoms with Gasteiger partial charge in [0.1, 0.15) is 53.8 Å². The quantitative estimate of drug-likeness (QED) is 0.0349. The summed E-state index contributed by atoms with van der Waals surface area (Å²) in [4.78, 5) is 65.5. The lowest BCUT2D eigenvalue weighted by Gasteiger charge is -2.28. The number of ether oxygens (including phenoxy) is 5. The minimum atomic E-state index is 0.0482. The molecule has 0 saturated carbocycles. The average Bonchev–Trinajstić information content (AvgIpc) is 1.68. The minimum Gasteiger partial charge on any atom is -0.491 e. The first-order chi connectivity index (χ1) is 65.5. The number of piperidine rings is 1. The van der Waals surface area contributed by atoms with Crippen LogP contribution in [0.15, 0.2) is 184 Å². The molecule has 9 N–H and O–H groups in total. The van der Waals surface area contributed by atoms with Gasteiger partial charge in [-0.05, 0) is 338 Å². The van der Waals surface area contributed by atoms with Crippen molar-refractivity contribution < 1.29 is 28.8 Å². The molecule has 0 unspecified atom stereocenters. The molecule has 0 bridgehead atoms. The average molecular weight is 1830 g/mol. The fraction of sp³-hybridized carbons (Fsp3) is 0.422. The standard InChI is InChI=1S/C15H20N2.C14H19N3.C14H17NO.C12H15N3O.C12H15NO2.C11H15N3.C11H13NO2.2C10H13N3/c1-12-10-14-11-13(4-5-15(14)16-12)6-9-17-7-2-3-8-17;1-11-15-13-6-5-12(9-14(13)16-11)10-17-7-3-2-4-8-17;1-10-8-13-9-12(2-3-14(13)15-10)11-4-6-16-7-5-11;1-9-13-11-3-2-10(8-12(11)14-9)15-4-6-16-7-5-15;1-9-7-10-8-11(15-6-5-14-2)3-4-12(10)13-9;1-7(2)12-9-4-5-10-11(6-9)14-8(3)13-10;1-8-6-9-7-10(14-5-4-13)2-3-11(9)12-8;1-7-11-9-5-4-8(13(2)3)6-10(9)12-7;1-7-12-9-3-2-8(4-5-11)6-10(9)13-7/h4-5,11H,2-3,6-10H2,1H3;5-6,9H,2-4,7-8,10H2,1H3,(H,15,16);2-3,9,11H,4-8H2,1H3;2-3,8H,4-7H2,1H3,(H,13,14);3-4,8H,5-7H2,1-2H3;4-7,12H,1-3H3,(H,13,14);2-3,7,13H,4-6H2,1H3;4-6H,1-3H3,(H,11,12);2-3,6H,4-5,11H2,1H3,(H,12,13). The lowest BCUT2D eigenvalue weighted by molar-refractivity contribution is 0.0853. The number of morpholine rings is 1. The third kappa shape index (κ3) is 29.1. The summed E-state index contributed by atoms with van der Waals surface area (Å²) >= 11 is 0. The van der Waals surface area contributed by atoms with Gasteiger partial charge < -0.3 is 79.5 Å². The van der Waals surface area contributed by atoms with Gasteiger partial charge in [0, 0.05) is 132 Å². The number of nitrogens with one attached hydrogen (secondary N) is 6. The van der Waals surface area contributed by atoms with E-state index in [2.05, 4.69) is 238 Å². The highest BCUT2D eigenvalue weighted by atomic mass is 16.5. The number of likely N-dealkylation sites (tertiary alicyclic amines) is 2. The van der Waals surface area contributed by atoms with Crippen molar-refractivity contribution in [1.29, 1.82) is 0 Å². The first-order valence-electron chi connectivity index (χ1n) is 48.3. The van der Waals surface area contributed by atoms with E-state index >= 15 is 0 Å². The summed E-state index contributed by atoms with van der Waals surface area (Å²) in [5, 5.41) is 12.0. The van der Waals surface area contributed by atoms with Crippen LogP contribution in [0.2, 0.25) is 0 Å². The van der Waals surface area contributed by atoms with E-state index in [1.807, 2.05) is 111 Å². The first-order valence-corrected chi connectivity index (χ1v) is 48.3. The highest BCUT2D eigenvalue weighted by Crippen LogP contribution is 2.36. The number of aryl methyl sites for hydroxylation is 5. The Bertz CT molecular complexity index is 6340. The van der Waals surface area contributed by atoms with E-state index in [4.69, 9.17) is 34.5 Å². The molecule has 0 atom stereocenters. The van der Waals surface area contributed by atoms with E-state index in [0.29, 0.717) is 38.3 Å². The van der Waals surface area contributed by atoms with Gasteiger partial charge in [-0.3, -0.25) is 24.9 Å². The number of aliphatic hydroxyl groups excluding tert-OH is 1. The van der Waals surface area contributed by atoms with Crippen molar-refractivity contribution in [3.05, 3.63) is 237 Å². The Labute approximate surface area is 796 Å². The number of nitrogens with zero attached hydrogens (tertiary/aromatic N) is 13. The van der Waals surface area contributed by atoms with Crippen LogP contribution in [-0.4, -0.2) is 220 Å². The molecule has 26 nitrogen and oxygen atoms in total. The lowest BCUT2D eigenvalue weighted by Crippen LogP contribution is -2.36. The zero-order valence-electron chi connectivity index (χ0n) is 81.8. The molecule has 135 heavy (non-hydrogen) atoms. The van der Waals surface area contributed by atoms with Crippen molar-refractivity contribution in [3.63, 3.8) is 0 Å². The number of aliphatic hydroxyl groups is 1. The smallest absolute Gasteiger partial charge is 0.119 e. The fourth-order valence-electron chi connectivity index (χ4n) is 18.0. The molecule has 26 heteroatoms. The summed E-state index contributed by atoms with van der Waals surface area (Å²) in [7, 11) is 5.73. The Morgan fingerprint density at radius 2 is 0.867 bits per heavy atom. The number of aliphatic imine (C=N–C) groups is 4. The Balaban J connectivity index is 0.000000122. The van der Waals surface area contributed by atoms with Crippen molar-refractivity contribution in [2.75, 3.05) is 142 Å². The van der Waals surface area contributed by atoms with Crippen molar-refractivity contribution >= 4 is 118 Å². The molecule has 712 valence electrons. The van der Waals surface area contributed by atoms with Crippen LogP contribution in [0.4, 0.5) is 39.8 Å². The second-order valence-electron chi connectivity index (χ2n) is 36.7. The van der Waals surface area contributed by atoms with Crippen LogP contribution >= 0.6 is 0 Å². The Morgan fingerprint density at radius 1 is 0.437 bits per heavy atom. The van der Waals surface area contributed by atoms with E-state index < -0.39 is 0 Å². The van der Waals surface area contributed by atoms with Gasteiger partial charge in [-0.2, -0.15) is 0 Å². The number of methoxy groups -OCH3 is 1. The number of aromatic amines is 5. The van der Waals surface area contributed by atoms with Crippen molar-refractivity contribution in [2.24, 2.45) is 25.7 Å². The number of imidazole rings is 5. The number of hydrogen-bond donors (Lipinski definition) is 8. The van der Waals surface area contributed by atoms with Crippen molar-refractivity contribution in [3.8, 4) is 11.5 Å². The number of hydrogen-bond acceptors (Lipinski definition) is 21. The molecule has 4 fully saturated rings. The largest absolute Gasteiger partial charge is 0.491 e. The Morgan fingerprint density at radius 3 is 1.39 bits per heavy atom. The highest BCUT2D eigenvalue weighted by Gasteiger charge is 2.22. The topological polar surface area (TPSA) is 310 Å². The van der Waals surface area contributed by atoms with E-state index in [1.54, 1.807) is 7.11 Å². The highest BCUT2D eigenvalue weighted by molar-refractivity contribution is 5.95. The van der Waals surface area contributed by atoms with Gasteiger partial charge in [0.05, 0.1) is 104 Å². The normalized spacial score (nSPS) is 15.3. The summed E-state index contributed by atoms with van der Waals surface area (Å²) in [6.07, 6.45) is 15.2. The van der Waals surface area contributed by atoms with Gasteiger partial charge in [-0.15, -0.1) is 0 Å². The fourth-order valence-corrected chi connectivity index (χ4v) is 18.0. The van der Waals surface area contributed by atoms with Gasteiger partial charge in [-0.25, -0.2) is 24.9 Å². The molecule has 0 spiro atoms. The van der Waals surface area contributed by atoms with Crippen LogP contribution in [0.3, 0.4) is 0 Å².